The van der Waals surface area contributed by atoms with Crippen LogP contribution in [0.4, 0.5) is 0 Å². The fraction of sp³-hybridized carbons (Fsp3) is 0.222. The molecule has 1 aromatic rings. The van der Waals surface area contributed by atoms with E-state index in [-0.39, 0.29) is 12.4 Å². The Morgan fingerprint density at radius 2 is 2.23 bits per heavy atom. The average molecular weight is 202 g/mol. The van der Waals surface area contributed by atoms with E-state index < -0.39 is 5.91 Å². The zero-order valence-corrected chi connectivity index (χ0v) is 8.14. The minimum atomic E-state index is -0.434. The number of benzene rings is 1. The highest BCUT2D eigenvalue weighted by Gasteiger charge is 2.00. The van der Waals surface area contributed by atoms with E-state index in [2.05, 4.69) is 0 Å². The third-order valence-corrected chi connectivity index (χ3v) is 1.43. The minimum absolute atomic E-state index is 0. The maximum atomic E-state index is 10.7. The molecule has 0 aliphatic carbocycles. The Bertz CT molecular complexity index is 289. The van der Waals surface area contributed by atoms with Crippen LogP contribution < -0.4 is 10.5 Å². The van der Waals surface area contributed by atoms with Gasteiger partial charge in [0.05, 0.1) is 6.61 Å². The number of carbonyl (C=O) groups excluding carboxylic acids is 1. The van der Waals surface area contributed by atoms with Crippen LogP contribution in [-0.2, 0) is 0 Å². The summed E-state index contributed by atoms with van der Waals surface area (Å²) < 4.78 is 5.19. The van der Waals surface area contributed by atoms with Crippen molar-refractivity contribution >= 4 is 18.3 Å². The SMILES string of the molecule is CCOc1cccc(C(N)=O)c1.Cl. The van der Waals surface area contributed by atoms with Gasteiger partial charge >= 0.3 is 0 Å². The van der Waals surface area contributed by atoms with Crippen LogP contribution in [0, 0.1) is 0 Å². The molecule has 0 saturated carbocycles. The molecule has 2 N–H and O–H groups in total. The van der Waals surface area contributed by atoms with Crippen molar-refractivity contribution in [2.24, 2.45) is 5.73 Å². The van der Waals surface area contributed by atoms with Gasteiger partial charge < -0.3 is 10.5 Å². The van der Waals surface area contributed by atoms with Gasteiger partial charge in [-0.15, -0.1) is 12.4 Å². The van der Waals surface area contributed by atoms with Crippen LogP contribution in [0.25, 0.3) is 0 Å². The first kappa shape index (κ1) is 11.8. The second kappa shape index (κ2) is 5.43. The van der Waals surface area contributed by atoms with Crippen LogP contribution in [0.1, 0.15) is 17.3 Å². The lowest BCUT2D eigenvalue weighted by atomic mass is 10.2. The monoisotopic (exact) mass is 201 g/mol. The molecule has 0 aliphatic rings. The van der Waals surface area contributed by atoms with Crippen molar-refractivity contribution in [3.63, 3.8) is 0 Å². The molecule has 0 atom stereocenters. The molecule has 1 rings (SSSR count). The fourth-order valence-corrected chi connectivity index (χ4v) is 0.906. The summed E-state index contributed by atoms with van der Waals surface area (Å²) in [7, 11) is 0. The van der Waals surface area contributed by atoms with Crippen LogP contribution in [0.3, 0.4) is 0 Å². The first-order valence-corrected chi connectivity index (χ1v) is 3.76. The Morgan fingerprint density at radius 3 is 2.77 bits per heavy atom. The van der Waals surface area contributed by atoms with Crippen molar-refractivity contribution in [3.05, 3.63) is 29.8 Å². The Labute approximate surface area is 83.3 Å². The molecule has 0 bridgehead atoms. The quantitative estimate of drug-likeness (QED) is 0.808. The minimum Gasteiger partial charge on any atom is -0.494 e. The summed E-state index contributed by atoms with van der Waals surface area (Å²) in [4.78, 5) is 10.7. The zero-order chi connectivity index (χ0) is 8.97. The number of primary amides is 1. The molecule has 0 unspecified atom stereocenters. The number of rotatable bonds is 3. The third kappa shape index (κ3) is 3.34. The van der Waals surface area contributed by atoms with Gasteiger partial charge in [-0.05, 0) is 25.1 Å². The molecule has 1 aromatic carbocycles. The van der Waals surface area contributed by atoms with Gasteiger partial charge in [0.25, 0.3) is 0 Å². The van der Waals surface area contributed by atoms with Crippen LogP contribution in [0.5, 0.6) is 5.75 Å². The van der Waals surface area contributed by atoms with E-state index in [1.54, 1.807) is 24.3 Å². The first-order chi connectivity index (χ1) is 5.74. The van der Waals surface area contributed by atoms with Gasteiger partial charge in [0, 0.05) is 5.56 Å². The largest absolute Gasteiger partial charge is 0.494 e. The van der Waals surface area contributed by atoms with Gasteiger partial charge in [-0.3, -0.25) is 4.79 Å². The lowest BCUT2D eigenvalue weighted by molar-refractivity contribution is 0.1000. The first-order valence-electron chi connectivity index (χ1n) is 3.76. The van der Waals surface area contributed by atoms with Gasteiger partial charge in [-0.25, -0.2) is 0 Å². The molecule has 0 spiro atoms. The molecular formula is C9H12ClNO2. The van der Waals surface area contributed by atoms with E-state index >= 15 is 0 Å². The Balaban J connectivity index is 0.00000144. The molecule has 0 radical (unpaired) electrons. The fourth-order valence-electron chi connectivity index (χ4n) is 0.906. The van der Waals surface area contributed by atoms with Crippen molar-refractivity contribution in [3.8, 4) is 5.75 Å². The molecule has 4 heteroatoms. The summed E-state index contributed by atoms with van der Waals surface area (Å²) in [6.07, 6.45) is 0. The second-order valence-corrected chi connectivity index (χ2v) is 2.33. The van der Waals surface area contributed by atoms with E-state index in [1.807, 2.05) is 6.92 Å². The van der Waals surface area contributed by atoms with Crippen molar-refractivity contribution in [2.75, 3.05) is 6.61 Å². The van der Waals surface area contributed by atoms with Gasteiger partial charge in [0.15, 0.2) is 0 Å². The molecule has 0 fully saturated rings. The lowest BCUT2D eigenvalue weighted by Gasteiger charge is -2.02. The molecule has 0 aromatic heterocycles. The van der Waals surface area contributed by atoms with Gasteiger partial charge in [-0.1, -0.05) is 6.07 Å². The molecule has 13 heavy (non-hydrogen) atoms. The maximum absolute atomic E-state index is 10.7. The average Bonchev–Trinajstić information content (AvgIpc) is 2.05. The highest BCUT2D eigenvalue weighted by molar-refractivity contribution is 5.93. The Morgan fingerprint density at radius 1 is 1.54 bits per heavy atom. The number of ether oxygens (including phenoxy) is 1. The summed E-state index contributed by atoms with van der Waals surface area (Å²) in [5.74, 6) is 0.241. The van der Waals surface area contributed by atoms with Gasteiger partial charge in [0.1, 0.15) is 5.75 Å². The topological polar surface area (TPSA) is 52.3 Å². The highest BCUT2D eigenvalue weighted by Crippen LogP contribution is 2.12. The molecular weight excluding hydrogens is 190 g/mol. The molecule has 3 nitrogen and oxygen atoms in total. The summed E-state index contributed by atoms with van der Waals surface area (Å²) in [6, 6.07) is 6.82. The standard InChI is InChI=1S/C9H11NO2.ClH/c1-2-12-8-5-3-4-7(6-8)9(10)11;/h3-6H,2H2,1H3,(H2,10,11);1H. The van der Waals surface area contributed by atoms with E-state index in [1.165, 1.54) is 0 Å². The zero-order valence-electron chi connectivity index (χ0n) is 7.32. The van der Waals surface area contributed by atoms with Crippen LogP contribution in [0.15, 0.2) is 24.3 Å². The Kier molecular flexibility index (Phi) is 4.92. The molecule has 72 valence electrons. The smallest absolute Gasteiger partial charge is 0.248 e. The van der Waals surface area contributed by atoms with Crippen molar-refractivity contribution < 1.29 is 9.53 Å². The Hall–Kier alpha value is -1.22. The normalized spacial score (nSPS) is 8.69. The molecule has 0 heterocycles. The van der Waals surface area contributed by atoms with Crippen molar-refractivity contribution in [1.82, 2.24) is 0 Å². The molecule has 1 amide bonds. The number of halogens is 1. The molecule has 0 aliphatic heterocycles. The summed E-state index contributed by atoms with van der Waals surface area (Å²) >= 11 is 0. The van der Waals surface area contributed by atoms with Crippen molar-refractivity contribution in [1.29, 1.82) is 0 Å². The number of carbonyl (C=O) groups is 1. The van der Waals surface area contributed by atoms with Crippen LogP contribution in [-0.4, -0.2) is 12.5 Å². The third-order valence-electron chi connectivity index (χ3n) is 1.43. The van der Waals surface area contributed by atoms with Crippen LogP contribution in [0.2, 0.25) is 0 Å². The lowest BCUT2D eigenvalue weighted by Crippen LogP contribution is -2.10. The van der Waals surface area contributed by atoms with E-state index in [0.29, 0.717) is 17.9 Å². The number of hydrogen-bond donors (Lipinski definition) is 1. The summed E-state index contributed by atoms with van der Waals surface area (Å²) in [6.45, 7) is 2.47. The summed E-state index contributed by atoms with van der Waals surface area (Å²) in [5.41, 5.74) is 5.56. The van der Waals surface area contributed by atoms with E-state index in [9.17, 15) is 4.79 Å². The second-order valence-electron chi connectivity index (χ2n) is 2.33. The van der Waals surface area contributed by atoms with E-state index in [0.717, 1.165) is 0 Å². The van der Waals surface area contributed by atoms with Crippen LogP contribution >= 0.6 is 12.4 Å². The number of nitrogens with two attached hydrogens (primary N) is 1. The van der Waals surface area contributed by atoms with E-state index in [4.69, 9.17) is 10.5 Å². The predicted molar refractivity (Wildman–Crippen MR) is 53.4 cm³/mol. The highest BCUT2D eigenvalue weighted by atomic mass is 35.5. The van der Waals surface area contributed by atoms with Gasteiger partial charge in [0.2, 0.25) is 5.91 Å². The van der Waals surface area contributed by atoms with Crippen molar-refractivity contribution in [2.45, 2.75) is 6.92 Å². The number of amides is 1. The number of hydrogen-bond acceptors (Lipinski definition) is 2. The predicted octanol–water partition coefficient (Wildman–Crippen LogP) is 1.61. The molecule has 0 saturated heterocycles. The maximum Gasteiger partial charge on any atom is 0.248 e. The summed E-state index contributed by atoms with van der Waals surface area (Å²) in [5, 5.41) is 0. The van der Waals surface area contributed by atoms with Gasteiger partial charge in [-0.2, -0.15) is 0 Å².